The Morgan fingerprint density at radius 1 is 0.963 bits per heavy atom. The van der Waals surface area contributed by atoms with E-state index in [1.54, 1.807) is 18.2 Å². The first kappa shape index (κ1) is 16.6. The third kappa shape index (κ3) is 2.51. The Morgan fingerprint density at radius 3 is 2.19 bits per heavy atom. The Balaban J connectivity index is 1.42. The zero-order valence-corrected chi connectivity index (χ0v) is 15.5. The van der Waals surface area contributed by atoms with Crippen LogP contribution in [0.1, 0.15) is 12.0 Å². The maximum absolute atomic E-state index is 12.9. The SMILES string of the molecule is Cc1ccc(Oc2ccc(N3C(=O)C4C5C=CC(C5)C4C3=O)cc2Cl)cc1. The highest BCUT2D eigenvalue weighted by Crippen LogP contribution is 2.53. The molecule has 0 N–H and O–H groups in total. The average Bonchev–Trinajstić information content (AvgIpc) is 3.33. The molecule has 2 bridgehead atoms. The van der Waals surface area contributed by atoms with Crippen LogP contribution in [0.3, 0.4) is 0 Å². The van der Waals surface area contributed by atoms with Crippen LogP contribution < -0.4 is 9.64 Å². The van der Waals surface area contributed by atoms with Crippen LogP contribution in [0.4, 0.5) is 5.69 Å². The van der Waals surface area contributed by atoms with Gasteiger partial charge in [0.25, 0.3) is 0 Å². The zero-order valence-electron chi connectivity index (χ0n) is 14.8. The van der Waals surface area contributed by atoms with E-state index in [1.807, 2.05) is 31.2 Å². The molecule has 0 radical (unpaired) electrons. The van der Waals surface area contributed by atoms with E-state index in [4.69, 9.17) is 16.3 Å². The number of nitrogens with zero attached hydrogens (tertiary/aromatic N) is 1. The number of amides is 2. The summed E-state index contributed by atoms with van der Waals surface area (Å²) in [6, 6.07) is 12.7. The number of benzene rings is 2. The molecule has 1 aliphatic heterocycles. The molecule has 2 aromatic rings. The van der Waals surface area contributed by atoms with E-state index in [0.29, 0.717) is 22.2 Å². The number of fused-ring (bicyclic) bond motifs is 5. The van der Waals surface area contributed by atoms with Gasteiger partial charge in [-0.1, -0.05) is 41.4 Å². The van der Waals surface area contributed by atoms with Gasteiger partial charge in [0.2, 0.25) is 11.8 Å². The number of hydrogen-bond donors (Lipinski definition) is 0. The van der Waals surface area contributed by atoms with Crippen LogP contribution in [0.5, 0.6) is 11.5 Å². The number of anilines is 1. The summed E-state index contributed by atoms with van der Waals surface area (Å²) >= 11 is 6.39. The number of halogens is 1. The third-order valence-corrected chi connectivity index (χ3v) is 6.19. The van der Waals surface area contributed by atoms with Gasteiger partial charge in [0, 0.05) is 0 Å². The number of carbonyl (C=O) groups excluding carboxylic acids is 2. The summed E-state index contributed by atoms with van der Waals surface area (Å²) in [6.45, 7) is 2.01. The lowest BCUT2D eigenvalue weighted by molar-refractivity contribution is -0.123. The molecule has 0 spiro atoms. The Kier molecular flexibility index (Phi) is 3.66. The summed E-state index contributed by atoms with van der Waals surface area (Å²) in [5.74, 6) is 0.924. The standard InChI is InChI=1S/C22H18ClNO3/c1-12-2-7-16(8-3-12)27-18-9-6-15(11-17(18)23)24-21(25)19-13-4-5-14(10-13)20(19)22(24)26/h2-9,11,13-14,19-20H,10H2,1H3. The number of allylic oxidation sites excluding steroid dienone is 2. The molecule has 1 saturated carbocycles. The lowest BCUT2D eigenvalue weighted by Crippen LogP contribution is -2.32. The first-order valence-corrected chi connectivity index (χ1v) is 9.51. The number of carbonyl (C=O) groups is 2. The Bertz CT molecular complexity index is 952. The fourth-order valence-corrected chi connectivity index (χ4v) is 4.82. The van der Waals surface area contributed by atoms with E-state index < -0.39 is 0 Å². The average molecular weight is 380 g/mol. The molecule has 2 aliphatic carbocycles. The second-order valence-corrected chi connectivity index (χ2v) is 7.95. The monoisotopic (exact) mass is 379 g/mol. The van der Waals surface area contributed by atoms with Crippen LogP contribution in [0.2, 0.25) is 5.02 Å². The molecule has 5 heteroatoms. The Morgan fingerprint density at radius 2 is 1.59 bits per heavy atom. The number of imide groups is 1. The molecule has 1 saturated heterocycles. The van der Waals surface area contributed by atoms with Crippen LogP contribution in [0, 0.1) is 30.6 Å². The fraction of sp³-hybridized carbons (Fsp3) is 0.273. The maximum Gasteiger partial charge on any atom is 0.238 e. The van der Waals surface area contributed by atoms with Gasteiger partial charge in [-0.3, -0.25) is 9.59 Å². The quantitative estimate of drug-likeness (QED) is 0.571. The molecular weight excluding hydrogens is 362 g/mol. The van der Waals surface area contributed by atoms with Crippen molar-refractivity contribution in [2.24, 2.45) is 23.7 Å². The molecule has 4 atom stereocenters. The Hall–Kier alpha value is -2.59. The van der Waals surface area contributed by atoms with Gasteiger partial charge in [0.05, 0.1) is 22.5 Å². The van der Waals surface area contributed by atoms with Gasteiger partial charge >= 0.3 is 0 Å². The van der Waals surface area contributed by atoms with Gasteiger partial charge < -0.3 is 4.74 Å². The van der Waals surface area contributed by atoms with Crippen LogP contribution in [0.15, 0.2) is 54.6 Å². The van der Waals surface area contributed by atoms with E-state index in [1.165, 1.54) is 4.90 Å². The van der Waals surface area contributed by atoms with Gasteiger partial charge in [-0.15, -0.1) is 0 Å². The summed E-state index contributed by atoms with van der Waals surface area (Å²) in [5.41, 5.74) is 1.66. The molecule has 27 heavy (non-hydrogen) atoms. The summed E-state index contributed by atoms with van der Waals surface area (Å²) in [6.07, 6.45) is 5.10. The minimum atomic E-state index is -0.213. The molecule has 2 amide bonds. The molecule has 4 unspecified atom stereocenters. The van der Waals surface area contributed by atoms with E-state index >= 15 is 0 Å². The first-order chi connectivity index (χ1) is 13.0. The lowest BCUT2D eigenvalue weighted by atomic mass is 9.85. The van der Waals surface area contributed by atoms with Crippen molar-refractivity contribution in [3.8, 4) is 11.5 Å². The van der Waals surface area contributed by atoms with Crippen molar-refractivity contribution in [2.45, 2.75) is 13.3 Å². The van der Waals surface area contributed by atoms with Gasteiger partial charge in [-0.2, -0.15) is 0 Å². The highest BCUT2D eigenvalue weighted by molar-refractivity contribution is 6.33. The largest absolute Gasteiger partial charge is 0.456 e. The minimum Gasteiger partial charge on any atom is -0.456 e. The second-order valence-electron chi connectivity index (χ2n) is 7.54. The second kappa shape index (κ2) is 5.96. The van der Waals surface area contributed by atoms with Crippen molar-refractivity contribution in [1.82, 2.24) is 0 Å². The van der Waals surface area contributed by atoms with Crippen LogP contribution in [0.25, 0.3) is 0 Å². The van der Waals surface area contributed by atoms with Gasteiger partial charge in [0.15, 0.2) is 0 Å². The van der Waals surface area contributed by atoms with Crippen molar-refractivity contribution >= 4 is 29.1 Å². The van der Waals surface area contributed by atoms with Crippen LogP contribution >= 0.6 is 11.6 Å². The van der Waals surface area contributed by atoms with Crippen LogP contribution in [-0.4, -0.2) is 11.8 Å². The number of hydrogen-bond acceptors (Lipinski definition) is 3. The molecule has 2 aromatic carbocycles. The summed E-state index contributed by atoms with van der Waals surface area (Å²) < 4.78 is 5.82. The smallest absolute Gasteiger partial charge is 0.238 e. The summed E-state index contributed by atoms with van der Waals surface area (Å²) in [4.78, 5) is 27.1. The van der Waals surface area contributed by atoms with E-state index in [-0.39, 0.29) is 35.5 Å². The van der Waals surface area contributed by atoms with Gasteiger partial charge in [0.1, 0.15) is 11.5 Å². The molecule has 1 heterocycles. The topological polar surface area (TPSA) is 46.6 Å². The van der Waals surface area contributed by atoms with Crippen molar-refractivity contribution in [3.63, 3.8) is 0 Å². The van der Waals surface area contributed by atoms with Crippen molar-refractivity contribution in [3.05, 3.63) is 65.2 Å². The highest BCUT2D eigenvalue weighted by Gasteiger charge is 2.59. The summed E-state index contributed by atoms with van der Waals surface area (Å²) in [7, 11) is 0. The predicted octanol–water partition coefficient (Wildman–Crippen LogP) is 4.75. The van der Waals surface area contributed by atoms with Crippen molar-refractivity contribution < 1.29 is 14.3 Å². The number of ether oxygens (including phenoxy) is 1. The highest BCUT2D eigenvalue weighted by atomic mass is 35.5. The maximum atomic E-state index is 12.9. The van der Waals surface area contributed by atoms with E-state index in [0.717, 1.165) is 12.0 Å². The first-order valence-electron chi connectivity index (χ1n) is 9.13. The number of rotatable bonds is 3. The molecule has 136 valence electrons. The normalized spacial score (nSPS) is 28.1. The summed E-state index contributed by atoms with van der Waals surface area (Å²) in [5, 5.41) is 0.367. The minimum absolute atomic E-state index is 0.106. The predicted molar refractivity (Wildman–Crippen MR) is 103 cm³/mol. The lowest BCUT2D eigenvalue weighted by Gasteiger charge is -2.18. The molecule has 3 aliphatic rings. The molecular formula is C22H18ClNO3. The zero-order chi connectivity index (χ0) is 18.7. The third-order valence-electron chi connectivity index (χ3n) is 5.89. The fourth-order valence-electron chi connectivity index (χ4n) is 4.60. The molecule has 5 rings (SSSR count). The number of aryl methyl sites for hydroxylation is 1. The van der Waals surface area contributed by atoms with Crippen molar-refractivity contribution in [2.75, 3.05) is 4.90 Å². The molecule has 4 nitrogen and oxygen atoms in total. The molecule has 0 aromatic heterocycles. The van der Waals surface area contributed by atoms with Gasteiger partial charge in [-0.05, 0) is 55.5 Å². The van der Waals surface area contributed by atoms with E-state index in [2.05, 4.69) is 12.2 Å². The van der Waals surface area contributed by atoms with Gasteiger partial charge in [-0.25, -0.2) is 4.90 Å². The Labute approximate surface area is 162 Å². The van der Waals surface area contributed by atoms with Crippen LogP contribution in [-0.2, 0) is 9.59 Å². The molecule has 2 fully saturated rings. The van der Waals surface area contributed by atoms with Crippen molar-refractivity contribution in [1.29, 1.82) is 0 Å². The van der Waals surface area contributed by atoms with E-state index in [9.17, 15) is 9.59 Å².